The smallest absolute Gasteiger partial charge is 0.257 e. The summed E-state index contributed by atoms with van der Waals surface area (Å²) in [6, 6.07) is 9.99. The van der Waals surface area contributed by atoms with Crippen LogP contribution in [0, 0.1) is 5.82 Å². The number of halogens is 1. The molecule has 4 heterocycles. The molecule has 1 fully saturated rings. The van der Waals surface area contributed by atoms with Gasteiger partial charge >= 0.3 is 0 Å². The van der Waals surface area contributed by atoms with E-state index >= 15 is 0 Å². The monoisotopic (exact) mass is 433 g/mol. The average molecular weight is 433 g/mol. The molecule has 1 N–H and O–H groups in total. The van der Waals surface area contributed by atoms with Gasteiger partial charge in [-0.1, -0.05) is 12.1 Å². The highest BCUT2D eigenvalue weighted by atomic mass is 19.1. The number of amides is 1. The van der Waals surface area contributed by atoms with E-state index in [1.54, 1.807) is 29.4 Å². The maximum Gasteiger partial charge on any atom is 0.257 e. The quantitative estimate of drug-likeness (QED) is 0.684. The largest absolute Gasteiger partial charge is 0.332 e. The van der Waals surface area contributed by atoms with E-state index < -0.39 is 5.82 Å². The molecule has 32 heavy (non-hydrogen) atoms. The Morgan fingerprint density at radius 1 is 1.16 bits per heavy atom. The van der Waals surface area contributed by atoms with Crippen molar-refractivity contribution in [3.63, 3.8) is 0 Å². The number of hydrogen-bond donors (Lipinski definition) is 1. The number of carbonyl (C=O) groups is 1. The molecule has 2 aliphatic rings. The van der Waals surface area contributed by atoms with E-state index in [0.717, 1.165) is 26.1 Å². The van der Waals surface area contributed by atoms with Crippen LogP contribution in [0.2, 0.25) is 0 Å². The molecular weight excluding hydrogens is 409 g/mol. The molecule has 1 unspecified atom stereocenters. The fourth-order valence-corrected chi connectivity index (χ4v) is 4.58. The fourth-order valence-electron chi connectivity index (χ4n) is 4.58. The maximum atomic E-state index is 14.1. The van der Waals surface area contributed by atoms with Gasteiger partial charge in [-0.2, -0.15) is 0 Å². The number of likely N-dealkylation sites (tertiary alicyclic amines) is 1. The molecule has 0 aliphatic carbocycles. The lowest BCUT2D eigenvalue weighted by atomic mass is 10.0. The number of nitrogens with zero attached hydrogens (tertiary/aromatic N) is 4. The van der Waals surface area contributed by atoms with Gasteiger partial charge in [-0.05, 0) is 49.2 Å². The zero-order valence-corrected chi connectivity index (χ0v) is 17.6. The molecule has 7 nitrogen and oxygen atoms in total. The molecule has 0 saturated carbocycles. The minimum atomic E-state index is -0.539. The summed E-state index contributed by atoms with van der Waals surface area (Å²) < 4.78 is 14.1. The first-order valence-electron chi connectivity index (χ1n) is 10.9. The number of aromatic amines is 1. The van der Waals surface area contributed by atoms with Crippen molar-refractivity contribution in [2.24, 2.45) is 0 Å². The molecule has 5 rings (SSSR count). The molecule has 1 aromatic carbocycles. The zero-order chi connectivity index (χ0) is 22.1. The number of H-pyrrole nitrogens is 1. The third-order valence-corrected chi connectivity index (χ3v) is 6.30. The predicted molar refractivity (Wildman–Crippen MR) is 117 cm³/mol. The Kier molecular flexibility index (Phi) is 5.53. The Morgan fingerprint density at radius 3 is 2.78 bits per heavy atom. The van der Waals surface area contributed by atoms with Crippen molar-refractivity contribution in [2.75, 3.05) is 19.6 Å². The SMILES string of the molecule is O=C(c1ccccc1F)N1CCc2c(nc(C3CCN(Cc4ccncc4)C3)[nH]c2=O)C1. The molecule has 2 aromatic heterocycles. The van der Waals surface area contributed by atoms with Gasteiger partial charge in [0, 0.05) is 43.5 Å². The second-order valence-corrected chi connectivity index (χ2v) is 8.41. The summed E-state index contributed by atoms with van der Waals surface area (Å²) in [5, 5.41) is 0. The van der Waals surface area contributed by atoms with E-state index in [1.165, 1.54) is 17.7 Å². The first-order valence-corrected chi connectivity index (χ1v) is 10.9. The van der Waals surface area contributed by atoms with Crippen LogP contribution in [-0.4, -0.2) is 50.3 Å². The van der Waals surface area contributed by atoms with Gasteiger partial charge in [0.05, 0.1) is 17.8 Å². The summed E-state index contributed by atoms with van der Waals surface area (Å²) in [6.07, 6.45) is 4.90. The standard InChI is InChI=1S/C24H24FN5O2/c25-20-4-2-1-3-18(20)24(32)30-12-8-19-21(15-30)27-22(28-23(19)31)17-7-11-29(14-17)13-16-5-9-26-10-6-16/h1-6,9-10,17H,7-8,11-15H2,(H,27,28,31). The minimum Gasteiger partial charge on any atom is -0.332 e. The van der Waals surface area contributed by atoms with E-state index in [9.17, 15) is 14.0 Å². The van der Waals surface area contributed by atoms with Crippen LogP contribution in [0.4, 0.5) is 4.39 Å². The Labute approximate surface area is 184 Å². The summed E-state index contributed by atoms with van der Waals surface area (Å²) >= 11 is 0. The van der Waals surface area contributed by atoms with Crippen molar-refractivity contribution in [3.8, 4) is 0 Å². The van der Waals surface area contributed by atoms with Gasteiger partial charge in [0.1, 0.15) is 11.6 Å². The average Bonchev–Trinajstić information content (AvgIpc) is 3.28. The van der Waals surface area contributed by atoms with Crippen LogP contribution >= 0.6 is 0 Å². The molecule has 3 aromatic rings. The number of carbonyl (C=O) groups excluding carboxylic acids is 1. The molecule has 164 valence electrons. The number of aromatic nitrogens is 3. The van der Waals surface area contributed by atoms with Crippen molar-refractivity contribution in [1.29, 1.82) is 0 Å². The van der Waals surface area contributed by atoms with E-state index in [4.69, 9.17) is 4.98 Å². The Balaban J connectivity index is 1.33. The summed E-state index contributed by atoms with van der Waals surface area (Å²) in [4.78, 5) is 41.3. The first-order chi connectivity index (χ1) is 15.6. The maximum absolute atomic E-state index is 14.1. The topological polar surface area (TPSA) is 82.2 Å². The molecule has 8 heteroatoms. The van der Waals surface area contributed by atoms with Crippen LogP contribution in [0.5, 0.6) is 0 Å². The van der Waals surface area contributed by atoms with Crippen LogP contribution in [0.1, 0.15) is 45.3 Å². The number of hydrogen-bond acceptors (Lipinski definition) is 5. The molecule has 1 saturated heterocycles. The number of fused-ring (bicyclic) bond motifs is 1. The molecule has 1 amide bonds. The van der Waals surface area contributed by atoms with E-state index in [1.807, 2.05) is 12.1 Å². The highest BCUT2D eigenvalue weighted by Crippen LogP contribution is 2.27. The summed E-state index contributed by atoms with van der Waals surface area (Å²) in [5.41, 5.74) is 2.36. The fraction of sp³-hybridized carbons (Fsp3) is 0.333. The van der Waals surface area contributed by atoms with Crippen LogP contribution < -0.4 is 5.56 Å². The lowest BCUT2D eigenvalue weighted by molar-refractivity contribution is 0.0726. The van der Waals surface area contributed by atoms with Gasteiger partial charge in [-0.25, -0.2) is 9.37 Å². The number of rotatable bonds is 4. The summed E-state index contributed by atoms with van der Waals surface area (Å²) in [6.45, 7) is 3.15. The van der Waals surface area contributed by atoms with E-state index in [0.29, 0.717) is 30.0 Å². The minimum absolute atomic E-state index is 0.0450. The van der Waals surface area contributed by atoms with Gasteiger partial charge < -0.3 is 9.88 Å². The Bertz CT molecular complexity index is 1200. The third kappa shape index (κ3) is 4.05. The zero-order valence-electron chi connectivity index (χ0n) is 17.6. The van der Waals surface area contributed by atoms with Gasteiger partial charge in [0.2, 0.25) is 0 Å². The van der Waals surface area contributed by atoms with Crippen molar-refractivity contribution in [3.05, 3.63) is 93.2 Å². The van der Waals surface area contributed by atoms with E-state index in [-0.39, 0.29) is 29.5 Å². The first kappa shape index (κ1) is 20.5. The van der Waals surface area contributed by atoms with Gasteiger partial charge in [0.15, 0.2) is 0 Å². The molecule has 2 aliphatic heterocycles. The highest BCUT2D eigenvalue weighted by Gasteiger charge is 2.30. The molecule has 1 atom stereocenters. The van der Waals surface area contributed by atoms with Crippen LogP contribution in [0.25, 0.3) is 0 Å². The number of benzene rings is 1. The molecule has 0 radical (unpaired) electrons. The van der Waals surface area contributed by atoms with Crippen molar-refractivity contribution in [1.82, 2.24) is 24.8 Å². The molecular formula is C24H24FN5O2. The van der Waals surface area contributed by atoms with Crippen molar-refractivity contribution < 1.29 is 9.18 Å². The second kappa shape index (κ2) is 8.63. The molecule has 0 spiro atoms. The van der Waals surface area contributed by atoms with E-state index in [2.05, 4.69) is 14.9 Å². The lowest BCUT2D eigenvalue weighted by Crippen LogP contribution is -2.40. The van der Waals surface area contributed by atoms with Crippen LogP contribution in [-0.2, 0) is 19.5 Å². The number of nitrogens with one attached hydrogen (secondary N) is 1. The second-order valence-electron chi connectivity index (χ2n) is 8.41. The number of pyridine rings is 1. The van der Waals surface area contributed by atoms with Crippen molar-refractivity contribution >= 4 is 5.91 Å². The summed E-state index contributed by atoms with van der Waals surface area (Å²) in [7, 11) is 0. The predicted octanol–water partition coefficient (Wildman–Crippen LogP) is 2.49. The van der Waals surface area contributed by atoms with Crippen LogP contribution in [0.15, 0.2) is 53.6 Å². The van der Waals surface area contributed by atoms with Gasteiger partial charge in [-0.15, -0.1) is 0 Å². The Hall–Kier alpha value is -3.39. The molecule has 0 bridgehead atoms. The lowest BCUT2D eigenvalue weighted by Gasteiger charge is -2.28. The van der Waals surface area contributed by atoms with Crippen LogP contribution in [0.3, 0.4) is 0 Å². The Morgan fingerprint density at radius 2 is 1.97 bits per heavy atom. The highest BCUT2D eigenvalue weighted by molar-refractivity contribution is 5.94. The van der Waals surface area contributed by atoms with Gasteiger partial charge in [-0.3, -0.25) is 19.5 Å². The normalized spacial score (nSPS) is 18.5. The summed E-state index contributed by atoms with van der Waals surface area (Å²) in [5.74, 6) is -0.108. The van der Waals surface area contributed by atoms with Gasteiger partial charge in [0.25, 0.3) is 11.5 Å². The van der Waals surface area contributed by atoms with Crippen molar-refractivity contribution in [2.45, 2.75) is 31.8 Å². The third-order valence-electron chi connectivity index (χ3n) is 6.30.